The molecule has 8 heteroatoms. The molecule has 1 heterocycles. The standard InChI is InChI=1S/C17H11Br2NO3S2/c1-23-13-7-9(6-12(19)15(13)21)8-14-16(22)20(17(24)25-14)11-4-2-10(18)3-5-11/h2-8,21H,1H3/b14-8+. The molecule has 25 heavy (non-hydrogen) atoms. The van der Waals surface area contributed by atoms with Crippen molar-refractivity contribution in [3.05, 3.63) is 55.8 Å². The third-order valence-corrected chi connectivity index (χ3v) is 5.88. The summed E-state index contributed by atoms with van der Waals surface area (Å²) in [6.45, 7) is 0. The monoisotopic (exact) mass is 499 g/mol. The average Bonchev–Trinajstić information content (AvgIpc) is 2.85. The van der Waals surface area contributed by atoms with Crippen molar-refractivity contribution in [2.45, 2.75) is 0 Å². The SMILES string of the molecule is COc1cc(/C=C2/SC(=S)N(c3ccc(Br)cc3)C2=O)cc(Br)c1O. The molecule has 0 aliphatic carbocycles. The van der Waals surface area contributed by atoms with Gasteiger partial charge in [0, 0.05) is 4.47 Å². The Morgan fingerprint density at radius 1 is 1.24 bits per heavy atom. The molecule has 0 unspecified atom stereocenters. The first-order valence-corrected chi connectivity index (χ1v) is 9.82. The largest absolute Gasteiger partial charge is 0.503 e. The van der Waals surface area contributed by atoms with Crippen molar-refractivity contribution in [2.75, 3.05) is 12.0 Å². The van der Waals surface area contributed by atoms with Crippen LogP contribution in [0.2, 0.25) is 0 Å². The summed E-state index contributed by atoms with van der Waals surface area (Å²) >= 11 is 13.3. The number of ether oxygens (including phenoxy) is 1. The number of thiocarbonyl (C=S) groups is 1. The molecule has 1 N–H and O–H groups in total. The Morgan fingerprint density at radius 2 is 1.92 bits per heavy atom. The number of benzene rings is 2. The number of hydrogen-bond acceptors (Lipinski definition) is 5. The predicted molar refractivity (Wildman–Crippen MR) is 112 cm³/mol. The van der Waals surface area contributed by atoms with E-state index in [9.17, 15) is 9.90 Å². The van der Waals surface area contributed by atoms with Gasteiger partial charge in [0.15, 0.2) is 15.8 Å². The van der Waals surface area contributed by atoms with Gasteiger partial charge < -0.3 is 9.84 Å². The molecule has 3 rings (SSSR count). The number of anilines is 1. The van der Waals surface area contributed by atoms with Crippen LogP contribution in [0.25, 0.3) is 6.08 Å². The molecule has 0 bridgehead atoms. The number of phenolic OH excluding ortho intramolecular Hbond substituents is 1. The van der Waals surface area contributed by atoms with Gasteiger partial charge >= 0.3 is 0 Å². The Morgan fingerprint density at radius 3 is 2.56 bits per heavy atom. The maximum Gasteiger partial charge on any atom is 0.270 e. The Labute approximate surface area is 171 Å². The number of halogens is 2. The highest BCUT2D eigenvalue weighted by Gasteiger charge is 2.33. The third kappa shape index (κ3) is 3.76. The van der Waals surface area contributed by atoms with Gasteiger partial charge in [-0.25, -0.2) is 0 Å². The van der Waals surface area contributed by atoms with Crippen molar-refractivity contribution >= 4 is 77.8 Å². The number of nitrogens with zero attached hydrogens (tertiary/aromatic N) is 1. The van der Waals surface area contributed by atoms with Crippen LogP contribution < -0.4 is 9.64 Å². The molecule has 2 aromatic carbocycles. The summed E-state index contributed by atoms with van der Waals surface area (Å²) in [4.78, 5) is 14.8. The lowest BCUT2D eigenvalue weighted by molar-refractivity contribution is -0.113. The number of thioether (sulfide) groups is 1. The smallest absolute Gasteiger partial charge is 0.270 e. The van der Waals surface area contributed by atoms with Gasteiger partial charge in [0.2, 0.25) is 0 Å². The van der Waals surface area contributed by atoms with E-state index >= 15 is 0 Å². The van der Waals surface area contributed by atoms with Crippen LogP contribution in [-0.2, 0) is 4.79 Å². The maximum absolute atomic E-state index is 12.8. The quantitative estimate of drug-likeness (QED) is 0.455. The van der Waals surface area contributed by atoms with Gasteiger partial charge in [0.05, 0.1) is 22.2 Å². The fourth-order valence-corrected chi connectivity index (χ4v) is 4.29. The first-order chi connectivity index (χ1) is 11.9. The van der Waals surface area contributed by atoms with Crippen molar-refractivity contribution in [1.29, 1.82) is 0 Å². The normalized spacial score (nSPS) is 16.0. The fraction of sp³-hybridized carbons (Fsp3) is 0.0588. The highest BCUT2D eigenvalue weighted by molar-refractivity contribution is 9.10. The van der Waals surface area contributed by atoms with Crippen molar-refractivity contribution < 1.29 is 14.6 Å². The molecule has 1 fully saturated rings. The second-order valence-corrected chi connectivity index (χ2v) is 8.49. The first-order valence-electron chi connectivity index (χ1n) is 7.00. The predicted octanol–water partition coefficient (Wildman–Crippen LogP) is 5.33. The lowest BCUT2D eigenvalue weighted by Crippen LogP contribution is -2.27. The molecule has 2 aromatic rings. The summed E-state index contributed by atoms with van der Waals surface area (Å²) in [6.07, 6.45) is 1.73. The van der Waals surface area contributed by atoms with Gasteiger partial charge in [0.1, 0.15) is 0 Å². The van der Waals surface area contributed by atoms with E-state index in [1.54, 1.807) is 18.2 Å². The lowest BCUT2D eigenvalue weighted by atomic mass is 10.2. The molecular weight excluding hydrogens is 490 g/mol. The highest BCUT2D eigenvalue weighted by Crippen LogP contribution is 2.39. The number of carbonyl (C=O) groups excluding carboxylic acids is 1. The minimum absolute atomic E-state index is 0.0158. The first kappa shape index (κ1) is 18.4. The number of carbonyl (C=O) groups is 1. The number of rotatable bonds is 3. The number of methoxy groups -OCH3 is 1. The van der Waals surface area contributed by atoms with Crippen molar-refractivity contribution in [2.24, 2.45) is 0 Å². The molecule has 0 aromatic heterocycles. The number of hydrogen-bond donors (Lipinski definition) is 1. The lowest BCUT2D eigenvalue weighted by Gasteiger charge is -2.14. The minimum atomic E-state index is -0.180. The maximum atomic E-state index is 12.8. The van der Waals surface area contributed by atoms with Gasteiger partial charge in [0.25, 0.3) is 5.91 Å². The molecule has 1 aliphatic heterocycles. The zero-order valence-electron chi connectivity index (χ0n) is 12.8. The van der Waals surface area contributed by atoms with Crippen LogP contribution in [0.15, 0.2) is 50.2 Å². The molecule has 0 radical (unpaired) electrons. The summed E-state index contributed by atoms with van der Waals surface area (Å²) in [7, 11) is 1.47. The van der Waals surface area contributed by atoms with Crippen LogP contribution >= 0.6 is 55.8 Å². The molecule has 128 valence electrons. The Balaban J connectivity index is 1.95. The summed E-state index contributed by atoms with van der Waals surface area (Å²) in [5, 5.41) is 9.89. The second kappa shape index (κ2) is 7.49. The third-order valence-electron chi connectivity index (χ3n) is 3.45. The zero-order chi connectivity index (χ0) is 18.1. The molecule has 1 amide bonds. The van der Waals surface area contributed by atoms with Gasteiger partial charge in [-0.05, 0) is 64.0 Å². The Bertz CT molecular complexity index is 898. The zero-order valence-corrected chi connectivity index (χ0v) is 17.6. The molecule has 1 saturated heterocycles. The molecule has 0 atom stereocenters. The highest BCUT2D eigenvalue weighted by atomic mass is 79.9. The van der Waals surface area contributed by atoms with E-state index < -0.39 is 0 Å². The van der Waals surface area contributed by atoms with Gasteiger partial charge in [-0.2, -0.15) is 0 Å². The van der Waals surface area contributed by atoms with Crippen molar-refractivity contribution in [1.82, 2.24) is 0 Å². The van der Waals surface area contributed by atoms with E-state index in [1.165, 1.54) is 23.8 Å². The molecule has 4 nitrogen and oxygen atoms in total. The van der Waals surface area contributed by atoms with Gasteiger partial charge in [-0.3, -0.25) is 9.69 Å². The van der Waals surface area contributed by atoms with Crippen LogP contribution in [0.4, 0.5) is 5.69 Å². The Kier molecular flexibility index (Phi) is 5.52. The van der Waals surface area contributed by atoms with Crippen LogP contribution in [0.5, 0.6) is 11.5 Å². The van der Waals surface area contributed by atoms with Crippen LogP contribution in [0.1, 0.15) is 5.56 Å². The van der Waals surface area contributed by atoms with E-state index in [4.69, 9.17) is 17.0 Å². The molecular formula is C17H11Br2NO3S2. The number of aromatic hydroxyl groups is 1. The Hall–Kier alpha value is -1.35. The summed E-state index contributed by atoms with van der Waals surface area (Å²) in [5.41, 5.74) is 1.44. The second-order valence-electron chi connectivity index (χ2n) is 5.05. The average molecular weight is 501 g/mol. The van der Waals surface area contributed by atoms with Crippen molar-refractivity contribution in [3.63, 3.8) is 0 Å². The van der Waals surface area contributed by atoms with Crippen LogP contribution in [-0.4, -0.2) is 22.4 Å². The van der Waals surface area contributed by atoms with Crippen LogP contribution in [0.3, 0.4) is 0 Å². The van der Waals surface area contributed by atoms with E-state index in [-0.39, 0.29) is 11.7 Å². The molecule has 0 spiro atoms. The van der Waals surface area contributed by atoms with Crippen molar-refractivity contribution in [3.8, 4) is 11.5 Å². The minimum Gasteiger partial charge on any atom is -0.503 e. The fourth-order valence-electron chi connectivity index (χ4n) is 2.26. The number of phenols is 1. The summed E-state index contributed by atoms with van der Waals surface area (Å²) in [6, 6.07) is 10.8. The van der Waals surface area contributed by atoms with E-state index in [0.29, 0.717) is 19.4 Å². The number of amides is 1. The summed E-state index contributed by atoms with van der Waals surface area (Å²) < 4.78 is 7.03. The van der Waals surface area contributed by atoms with Gasteiger partial charge in [-0.15, -0.1) is 0 Å². The van der Waals surface area contributed by atoms with Crippen LogP contribution in [0, 0.1) is 0 Å². The van der Waals surface area contributed by atoms with Gasteiger partial charge in [-0.1, -0.05) is 39.9 Å². The van der Waals surface area contributed by atoms with E-state index in [0.717, 1.165) is 15.7 Å². The molecule has 0 saturated carbocycles. The van der Waals surface area contributed by atoms with E-state index in [2.05, 4.69) is 31.9 Å². The molecule has 1 aliphatic rings. The summed E-state index contributed by atoms with van der Waals surface area (Å²) in [5.74, 6) is 0.159. The topological polar surface area (TPSA) is 49.8 Å². The van der Waals surface area contributed by atoms with E-state index in [1.807, 2.05) is 24.3 Å².